The second-order valence-corrected chi connectivity index (χ2v) is 6.14. The van der Waals surface area contributed by atoms with E-state index in [1.54, 1.807) is 18.3 Å². The SMILES string of the molecule is Cc1cccc(C(=O)NCC(=O)NCCc2cccc3cccnc23)c1. The molecule has 3 aromatic rings. The maximum Gasteiger partial charge on any atom is 0.251 e. The van der Waals surface area contributed by atoms with Gasteiger partial charge < -0.3 is 10.6 Å². The molecule has 0 fully saturated rings. The van der Waals surface area contributed by atoms with Crippen LogP contribution in [0, 0.1) is 6.92 Å². The number of nitrogens with zero attached hydrogens (tertiary/aromatic N) is 1. The Kier molecular flexibility index (Phi) is 5.59. The van der Waals surface area contributed by atoms with Crippen molar-refractivity contribution < 1.29 is 9.59 Å². The molecular formula is C21H21N3O2. The Labute approximate surface area is 152 Å². The van der Waals surface area contributed by atoms with Gasteiger partial charge in [0, 0.05) is 23.7 Å². The van der Waals surface area contributed by atoms with Crippen molar-refractivity contribution in [3.63, 3.8) is 0 Å². The van der Waals surface area contributed by atoms with Gasteiger partial charge in [-0.1, -0.05) is 42.0 Å². The zero-order valence-electron chi connectivity index (χ0n) is 14.7. The maximum atomic E-state index is 12.0. The minimum absolute atomic E-state index is 0.0411. The van der Waals surface area contributed by atoms with Crippen molar-refractivity contribution in [1.29, 1.82) is 0 Å². The minimum Gasteiger partial charge on any atom is -0.354 e. The Morgan fingerprint density at radius 3 is 2.65 bits per heavy atom. The van der Waals surface area contributed by atoms with Gasteiger partial charge in [-0.05, 0) is 37.1 Å². The molecule has 1 aromatic heterocycles. The number of aryl methyl sites for hydroxylation is 1. The van der Waals surface area contributed by atoms with Gasteiger partial charge in [0.1, 0.15) is 0 Å². The van der Waals surface area contributed by atoms with E-state index in [1.165, 1.54) is 0 Å². The summed E-state index contributed by atoms with van der Waals surface area (Å²) >= 11 is 0. The van der Waals surface area contributed by atoms with Crippen molar-refractivity contribution in [2.45, 2.75) is 13.3 Å². The lowest BCUT2D eigenvalue weighted by atomic mass is 10.1. The first-order valence-corrected chi connectivity index (χ1v) is 8.57. The lowest BCUT2D eigenvalue weighted by Crippen LogP contribution is -2.37. The first kappa shape index (κ1) is 17.6. The molecule has 0 aliphatic heterocycles. The molecule has 5 heteroatoms. The Hall–Kier alpha value is -3.21. The molecule has 0 bridgehead atoms. The molecule has 0 saturated heterocycles. The molecule has 0 atom stereocenters. The zero-order valence-corrected chi connectivity index (χ0v) is 14.7. The van der Waals surface area contributed by atoms with Crippen molar-refractivity contribution >= 4 is 22.7 Å². The molecular weight excluding hydrogens is 326 g/mol. The number of para-hydroxylation sites is 1. The molecule has 0 unspecified atom stereocenters. The van der Waals surface area contributed by atoms with E-state index in [2.05, 4.69) is 15.6 Å². The van der Waals surface area contributed by atoms with Gasteiger partial charge in [0.05, 0.1) is 12.1 Å². The number of nitrogens with one attached hydrogen (secondary N) is 2. The topological polar surface area (TPSA) is 71.1 Å². The molecule has 3 rings (SSSR count). The minimum atomic E-state index is -0.248. The van der Waals surface area contributed by atoms with Crippen LogP contribution in [0.3, 0.4) is 0 Å². The summed E-state index contributed by atoms with van der Waals surface area (Å²) in [5.41, 5.74) is 3.61. The van der Waals surface area contributed by atoms with E-state index >= 15 is 0 Å². The second kappa shape index (κ2) is 8.25. The lowest BCUT2D eigenvalue weighted by molar-refractivity contribution is -0.120. The van der Waals surface area contributed by atoms with Gasteiger partial charge in [-0.25, -0.2) is 0 Å². The molecule has 2 N–H and O–H groups in total. The molecule has 5 nitrogen and oxygen atoms in total. The van der Waals surface area contributed by atoms with Gasteiger partial charge in [-0.15, -0.1) is 0 Å². The van der Waals surface area contributed by atoms with Crippen LogP contribution in [0.15, 0.2) is 60.8 Å². The molecule has 0 saturated carbocycles. The normalized spacial score (nSPS) is 10.5. The molecule has 0 aliphatic carbocycles. The standard InChI is InChI=1S/C21H21N3O2/c1-15-5-2-8-18(13-15)21(26)24-14-19(25)22-12-10-17-7-3-6-16-9-4-11-23-20(16)17/h2-9,11,13H,10,12,14H2,1H3,(H,22,25)(H,24,26). The fourth-order valence-corrected chi connectivity index (χ4v) is 2.82. The highest BCUT2D eigenvalue weighted by Crippen LogP contribution is 2.15. The highest BCUT2D eigenvalue weighted by molar-refractivity contribution is 5.96. The summed E-state index contributed by atoms with van der Waals surface area (Å²) in [6, 6.07) is 17.2. The maximum absolute atomic E-state index is 12.0. The number of amides is 2. The highest BCUT2D eigenvalue weighted by atomic mass is 16.2. The van der Waals surface area contributed by atoms with Crippen molar-refractivity contribution in [1.82, 2.24) is 15.6 Å². The van der Waals surface area contributed by atoms with Gasteiger partial charge in [0.25, 0.3) is 5.91 Å². The number of hydrogen-bond acceptors (Lipinski definition) is 3. The largest absolute Gasteiger partial charge is 0.354 e. The molecule has 0 spiro atoms. The third-order valence-corrected chi connectivity index (χ3v) is 4.12. The predicted molar refractivity (Wildman–Crippen MR) is 102 cm³/mol. The van der Waals surface area contributed by atoms with Crippen LogP contribution in [0.1, 0.15) is 21.5 Å². The summed E-state index contributed by atoms with van der Waals surface area (Å²) in [6.45, 7) is 2.38. The number of aromatic nitrogens is 1. The van der Waals surface area contributed by atoms with Crippen molar-refractivity contribution in [3.05, 3.63) is 77.5 Å². The molecule has 2 amide bonds. The number of hydrogen-bond donors (Lipinski definition) is 2. The first-order valence-electron chi connectivity index (χ1n) is 8.57. The highest BCUT2D eigenvalue weighted by Gasteiger charge is 2.08. The molecule has 2 aromatic carbocycles. The Morgan fingerprint density at radius 1 is 1.00 bits per heavy atom. The average Bonchev–Trinajstić information content (AvgIpc) is 2.66. The fourth-order valence-electron chi connectivity index (χ4n) is 2.82. The van der Waals surface area contributed by atoms with E-state index in [-0.39, 0.29) is 18.4 Å². The number of carbonyl (C=O) groups excluding carboxylic acids is 2. The van der Waals surface area contributed by atoms with Gasteiger partial charge in [0.2, 0.25) is 5.91 Å². The third kappa shape index (κ3) is 4.45. The van der Waals surface area contributed by atoms with E-state index in [1.807, 2.05) is 49.4 Å². The number of rotatable bonds is 6. The van der Waals surface area contributed by atoms with Crippen LogP contribution in [-0.2, 0) is 11.2 Å². The second-order valence-electron chi connectivity index (χ2n) is 6.14. The monoisotopic (exact) mass is 347 g/mol. The van der Waals surface area contributed by atoms with Crippen LogP contribution in [0.5, 0.6) is 0 Å². The molecule has 26 heavy (non-hydrogen) atoms. The van der Waals surface area contributed by atoms with Crippen LogP contribution < -0.4 is 10.6 Å². The number of benzene rings is 2. The number of carbonyl (C=O) groups is 2. The van der Waals surface area contributed by atoms with Crippen LogP contribution in [0.4, 0.5) is 0 Å². The molecule has 0 aliphatic rings. The first-order chi connectivity index (χ1) is 12.6. The quantitative estimate of drug-likeness (QED) is 0.720. The lowest BCUT2D eigenvalue weighted by Gasteiger charge is -2.09. The third-order valence-electron chi connectivity index (χ3n) is 4.12. The summed E-state index contributed by atoms with van der Waals surface area (Å²) in [4.78, 5) is 28.4. The van der Waals surface area contributed by atoms with Crippen molar-refractivity contribution in [3.8, 4) is 0 Å². The summed E-state index contributed by atoms with van der Waals surface area (Å²) < 4.78 is 0. The summed E-state index contributed by atoms with van der Waals surface area (Å²) in [6.07, 6.45) is 2.46. The van der Waals surface area contributed by atoms with Gasteiger partial charge >= 0.3 is 0 Å². The van der Waals surface area contributed by atoms with Crippen LogP contribution in [0.2, 0.25) is 0 Å². The van der Waals surface area contributed by atoms with Crippen LogP contribution >= 0.6 is 0 Å². The summed E-state index contributed by atoms with van der Waals surface area (Å²) in [5, 5.41) is 6.56. The van der Waals surface area contributed by atoms with E-state index in [0.29, 0.717) is 18.5 Å². The van der Waals surface area contributed by atoms with Crippen molar-refractivity contribution in [2.24, 2.45) is 0 Å². The summed E-state index contributed by atoms with van der Waals surface area (Å²) in [5.74, 6) is -0.457. The molecule has 132 valence electrons. The zero-order chi connectivity index (χ0) is 18.4. The van der Waals surface area contributed by atoms with Gasteiger partial charge in [-0.2, -0.15) is 0 Å². The van der Waals surface area contributed by atoms with Crippen LogP contribution in [-0.4, -0.2) is 29.9 Å². The van der Waals surface area contributed by atoms with Crippen LogP contribution in [0.25, 0.3) is 10.9 Å². The van der Waals surface area contributed by atoms with E-state index in [4.69, 9.17) is 0 Å². The van der Waals surface area contributed by atoms with Crippen molar-refractivity contribution in [2.75, 3.05) is 13.1 Å². The number of fused-ring (bicyclic) bond motifs is 1. The van der Waals surface area contributed by atoms with E-state index in [0.717, 1.165) is 22.0 Å². The average molecular weight is 347 g/mol. The summed E-state index contributed by atoms with van der Waals surface area (Å²) in [7, 11) is 0. The predicted octanol–water partition coefficient (Wildman–Crippen LogP) is 2.63. The smallest absolute Gasteiger partial charge is 0.251 e. The number of pyridine rings is 1. The fraction of sp³-hybridized carbons (Fsp3) is 0.190. The van der Waals surface area contributed by atoms with E-state index in [9.17, 15) is 9.59 Å². The Morgan fingerprint density at radius 2 is 1.81 bits per heavy atom. The molecule has 0 radical (unpaired) electrons. The van der Waals surface area contributed by atoms with E-state index < -0.39 is 0 Å². The van der Waals surface area contributed by atoms with Gasteiger partial charge in [0.15, 0.2) is 0 Å². The van der Waals surface area contributed by atoms with Gasteiger partial charge in [-0.3, -0.25) is 14.6 Å². The Bertz CT molecular complexity index is 932. The Balaban J connectivity index is 1.48. The molecule has 1 heterocycles.